The van der Waals surface area contributed by atoms with Gasteiger partial charge in [0.15, 0.2) is 0 Å². The van der Waals surface area contributed by atoms with Gasteiger partial charge < -0.3 is 0 Å². The number of nitro groups is 1. The summed E-state index contributed by atoms with van der Waals surface area (Å²) in [6, 6.07) is 3.68. The van der Waals surface area contributed by atoms with E-state index in [1.165, 1.54) is 18.2 Å². The van der Waals surface area contributed by atoms with E-state index in [4.69, 9.17) is 0 Å². The third kappa shape index (κ3) is 3.31. The lowest BCUT2D eigenvalue weighted by Crippen LogP contribution is -1.94. The average Bonchev–Trinajstić information content (AvgIpc) is 2.20. The van der Waals surface area contributed by atoms with Crippen LogP contribution in [0, 0.1) is 15.9 Å². The summed E-state index contributed by atoms with van der Waals surface area (Å²) in [5.41, 5.74) is 0.403. The fraction of sp³-hybridized carbons (Fsp3) is 0.455. The van der Waals surface area contributed by atoms with Crippen molar-refractivity contribution in [2.45, 2.75) is 32.6 Å². The zero-order valence-corrected chi connectivity index (χ0v) is 8.70. The Balaban J connectivity index is 2.76. The number of nitrogens with zero attached hydrogens (tertiary/aromatic N) is 1. The molecule has 4 heteroatoms. The summed E-state index contributed by atoms with van der Waals surface area (Å²) in [5, 5.41) is 10.5. The highest BCUT2D eigenvalue weighted by Gasteiger charge is 2.09. The van der Waals surface area contributed by atoms with Crippen LogP contribution < -0.4 is 0 Å². The summed E-state index contributed by atoms with van der Waals surface area (Å²) in [5.74, 6) is -0.350. The van der Waals surface area contributed by atoms with Crippen molar-refractivity contribution in [2.75, 3.05) is 0 Å². The van der Waals surface area contributed by atoms with Crippen LogP contribution in [-0.4, -0.2) is 4.92 Å². The monoisotopic (exact) mass is 211 g/mol. The minimum Gasteiger partial charge on any atom is -0.258 e. The van der Waals surface area contributed by atoms with Gasteiger partial charge in [-0.15, -0.1) is 0 Å². The fourth-order valence-electron chi connectivity index (χ4n) is 1.43. The average molecular weight is 211 g/mol. The third-order valence-corrected chi connectivity index (χ3v) is 2.29. The van der Waals surface area contributed by atoms with Crippen molar-refractivity contribution < 1.29 is 9.31 Å². The quantitative estimate of drug-likeness (QED) is 0.425. The summed E-state index contributed by atoms with van der Waals surface area (Å²) in [6.45, 7) is 2.06. The summed E-state index contributed by atoms with van der Waals surface area (Å²) >= 11 is 0. The molecule has 1 rings (SSSR count). The molecular weight excluding hydrogens is 197 g/mol. The van der Waals surface area contributed by atoms with Crippen LogP contribution in [0.15, 0.2) is 18.2 Å². The Hall–Kier alpha value is -1.45. The van der Waals surface area contributed by atoms with Crippen molar-refractivity contribution in [1.29, 1.82) is 0 Å². The van der Waals surface area contributed by atoms with Gasteiger partial charge in [-0.1, -0.05) is 19.8 Å². The van der Waals surface area contributed by atoms with Gasteiger partial charge in [0, 0.05) is 12.1 Å². The van der Waals surface area contributed by atoms with Gasteiger partial charge in [-0.05, 0) is 24.5 Å². The van der Waals surface area contributed by atoms with Gasteiger partial charge in [-0.2, -0.15) is 0 Å². The number of hydrogen-bond donors (Lipinski definition) is 0. The molecule has 0 aliphatic carbocycles. The summed E-state index contributed by atoms with van der Waals surface area (Å²) < 4.78 is 13.2. The Labute approximate surface area is 88.1 Å². The number of non-ortho nitro benzene ring substituents is 1. The lowest BCUT2D eigenvalue weighted by molar-refractivity contribution is -0.385. The van der Waals surface area contributed by atoms with Crippen LogP contribution in [0.5, 0.6) is 0 Å². The predicted octanol–water partition coefficient (Wildman–Crippen LogP) is 3.47. The molecule has 0 heterocycles. The summed E-state index contributed by atoms with van der Waals surface area (Å²) in [4.78, 5) is 9.98. The number of nitro benzene ring substituents is 1. The van der Waals surface area contributed by atoms with Gasteiger partial charge >= 0.3 is 0 Å². The maximum absolute atomic E-state index is 13.2. The van der Waals surface area contributed by atoms with E-state index >= 15 is 0 Å². The predicted molar refractivity (Wildman–Crippen MR) is 56.3 cm³/mol. The van der Waals surface area contributed by atoms with E-state index in [0.29, 0.717) is 12.0 Å². The van der Waals surface area contributed by atoms with Crippen LogP contribution in [0.1, 0.15) is 31.7 Å². The Kier molecular flexibility index (Phi) is 4.21. The first-order valence-electron chi connectivity index (χ1n) is 5.08. The second-order valence-corrected chi connectivity index (χ2v) is 3.49. The number of hydrogen-bond acceptors (Lipinski definition) is 2. The van der Waals surface area contributed by atoms with Crippen molar-refractivity contribution in [3.05, 3.63) is 39.7 Å². The van der Waals surface area contributed by atoms with Gasteiger partial charge in [0.05, 0.1) is 4.92 Å². The molecule has 15 heavy (non-hydrogen) atoms. The zero-order valence-electron chi connectivity index (χ0n) is 8.70. The first-order valence-corrected chi connectivity index (χ1v) is 5.08. The fourth-order valence-corrected chi connectivity index (χ4v) is 1.43. The van der Waals surface area contributed by atoms with Crippen LogP contribution in [0.4, 0.5) is 10.1 Å². The molecule has 0 aliphatic heterocycles. The van der Waals surface area contributed by atoms with E-state index in [1.54, 1.807) is 0 Å². The standard InChI is InChI=1S/C11H14FNO2/c1-2-3-4-5-9-8-10(13(14)15)6-7-11(9)12/h6-8H,2-5H2,1H3. The van der Waals surface area contributed by atoms with Crippen LogP contribution >= 0.6 is 0 Å². The first-order chi connectivity index (χ1) is 7.15. The van der Waals surface area contributed by atoms with E-state index in [-0.39, 0.29) is 11.5 Å². The second-order valence-electron chi connectivity index (χ2n) is 3.49. The number of unbranched alkanes of at least 4 members (excludes halogenated alkanes) is 2. The summed E-state index contributed by atoms with van der Waals surface area (Å²) in [7, 11) is 0. The summed E-state index contributed by atoms with van der Waals surface area (Å²) in [6.07, 6.45) is 3.51. The number of halogens is 1. The van der Waals surface area contributed by atoms with Crippen molar-refractivity contribution in [3.8, 4) is 0 Å². The Morgan fingerprint density at radius 1 is 1.40 bits per heavy atom. The van der Waals surface area contributed by atoms with E-state index in [9.17, 15) is 14.5 Å². The lowest BCUT2D eigenvalue weighted by Gasteiger charge is -2.02. The van der Waals surface area contributed by atoms with E-state index < -0.39 is 4.92 Å². The molecular formula is C11H14FNO2. The van der Waals surface area contributed by atoms with Crippen molar-refractivity contribution in [1.82, 2.24) is 0 Å². The number of aryl methyl sites for hydroxylation is 1. The highest BCUT2D eigenvalue weighted by atomic mass is 19.1. The van der Waals surface area contributed by atoms with E-state index in [2.05, 4.69) is 6.92 Å². The largest absolute Gasteiger partial charge is 0.269 e. The SMILES string of the molecule is CCCCCc1cc([N+](=O)[O-])ccc1F. The molecule has 0 unspecified atom stereocenters. The molecule has 0 aliphatic rings. The Morgan fingerprint density at radius 2 is 2.13 bits per heavy atom. The van der Waals surface area contributed by atoms with Crippen molar-refractivity contribution >= 4 is 5.69 Å². The normalized spacial score (nSPS) is 10.3. The molecule has 0 atom stereocenters. The molecule has 1 aromatic rings. The smallest absolute Gasteiger partial charge is 0.258 e. The van der Waals surface area contributed by atoms with Crippen LogP contribution in [-0.2, 0) is 6.42 Å². The van der Waals surface area contributed by atoms with Crippen LogP contribution in [0.2, 0.25) is 0 Å². The van der Waals surface area contributed by atoms with Crippen molar-refractivity contribution in [2.24, 2.45) is 0 Å². The van der Waals surface area contributed by atoms with Gasteiger partial charge in [0.25, 0.3) is 5.69 Å². The van der Waals surface area contributed by atoms with Gasteiger partial charge in [0.2, 0.25) is 0 Å². The molecule has 0 saturated carbocycles. The second kappa shape index (κ2) is 5.44. The molecule has 0 fully saturated rings. The van der Waals surface area contributed by atoms with Crippen LogP contribution in [0.3, 0.4) is 0 Å². The molecule has 0 aromatic heterocycles. The Morgan fingerprint density at radius 3 is 2.73 bits per heavy atom. The molecule has 82 valence electrons. The van der Waals surface area contributed by atoms with Gasteiger partial charge in [-0.3, -0.25) is 10.1 Å². The highest BCUT2D eigenvalue weighted by molar-refractivity contribution is 5.35. The zero-order chi connectivity index (χ0) is 11.3. The van der Waals surface area contributed by atoms with Gasteiger partial charge in [0.1, 0.15) is 5.82 Å². The minimum atomic E-state index is -0.497. The highest BCUT2D eigenvalue weighted by Crippen LogP contribution is 2.18. The minimum absolute atomic E-state index is 0.0390. The van der Waals surface area contributed by atoms with Gasteiger partial charge in [-0.25, -0.2) is 4.39 Å². The first kappa shape index (κ1) is 11.6. The molecule has 0 amide bonds. The number of benzene rings is 1. The molecule has 0 spiro atoms. The maximum atomic E-state index is 13.2. The topological polar surface area (TPSA) is 43.1 Å². The molecule has 0 saturated heterocycles. The third-order valence-electron chi connectivity index (χ3n) is 2.29. The number of rotatable bonds is 5. The molecule has 0 radical (unpaired) electrons. The molecule has 1 aromatic carbocycles. The van der Waals surface area contributed by atoms with Crippen LogP contribution in [0.25, 0.3) is 0 Å². The maximum Gasteiger partial charge on any atom is 0.269 e. The molecule has 0 N–H and O–H groups in total. The molecule has 0 bridgehead atoms. The van der Waals surface area contributed by atoms with E-state index in [1.807, 2.05) is 0 Å². The van der Waals surface area contributed by atoms with Crippen molar-refractivity contribution in [3.63, 3.8) is 0 Å². The van der Waals surface area contributed by atoms with E-state index in [0.717, 1.165) is 19.3 Å². The molecule has 3 nitrogen and oxygen atoms in total. The lowest BCUT2D eigenvalue weighted by atomic mass is 10.1. The Bertz CT molecular complexity index is 352.